The number of carbonyl (C=O) groups excluding carboxylic acids is 2. The molecule has 0 saturated heterocycles. The molecule has 0 amide bonds. The van der Waals surface area contributed by atoms with Crippen molar-refractivity contribution in [3.8, 4) is 0 Å². The second-order valence-corrected chi connectivity index (χ2v) is 14.2. The maximum absolute atomic E-state index is 14.0. The van der Waals surface area contributed by atoms with E-state index in [-0.39, 0.29) is 45.4 Å². The Morgan fingerprint density at radius 1 is 1.06 bits per heavy atom. The number of carbonyl (C=O) groups is 2. The first-order valence-electron chi connectivity index (χ1n) is 14.2. The fourth-order valence-corrected chi connectivity index (χ4v) is 9.78. The van der Waals surface area contributed by atoms with Gasteiger partial charge < -0.3 is 4.74 Å². The van der Waals surface area contributed by atoms with Gasteiger partial charge in [-0.2, -0.15) is 0 Å². The van der Waals surface area contributed by atoms with E-state index in [4.69, 9.17) is 4.74 Å². The fourth-order valence-electron chi connectivity index (χ4n) is 9.78. The van der Waals surface area contributed by atoms with E-state index in [1.165, 1.54) is 56.6 Å². The minimum absolute atomic E-state index is 0.0567. The Hall–Kier alpha value is -1.38. The molecule has 4 aliphatic rings. The molecular weight excluding hydrogens is 432 g/mol. The summed E-state index contributed by atoms with van der Waals surface area (Å²) in [4.78, 5) is 25.8. The number of rotatable bonds is 5. The van der Waals surface area contributed by atoms with Gasteiger partial charge in [0.2, 0.25) is 0 Å². The predicted molar refractivity (Wildman–Crippen MR) is 143 cm³/mol. The third-order valence-corrected chi connectivity index (χ3v) is 11.7. The first-order chi connectivity index (χ1) is 16.2. The van der Waals surface area contributed by atoms with E-state index in [0.29, 0.717) is 11.8 Å². The molecule has 196 valence electrons. The van der Waals surface area contributed by atoms with Crippen molar-refractivity contribution in [3.05, 3.63) is 23.3 Å². The highest BCUT2D eigenvalue weighted by molar-refractivity contribution is 5.95. The molecule has 3 nitrogen and oxygen atoms in total. The van der Waals surface area contributed by atoms with Crippen LogP contribution in [0.1, 0.15) is 114 Å². The van der Waals surface area contributed by atoms with Crippen LogP contribution in [0.5, 0.6) is 0 Å². The Labute approximate surface area is 214 Å². The number of fused-ring (bicyclic) bond motifs is 5. The van der Waals surface area contributed by atoms with Crippen LogP contribution in [0.15, 0.2) is 23.3 Å². The molecule has 4 aliphatic carbocycles. The molecule has 3 saturated carbocycles. The quantitative estimate of drug-likeness (QED) is 0.294. The summed E-state index contributed by atoms with van der Waals surface area (Å²) in [7, 11) is 0. The van der Waals surface area contributed by atoms with Gasteiger partial charge in [-0.05, 0) is 105 Å². The maximum Gasteiger partial charge on any atom is 0.302 e. The van der Waals surface area contributed by atoms with Crippen molar-refractivity contribution in [2.45, 2.75) is 120 Å². The molecule has 4 rings (SSSR count). The second-order valence-electron chi connectivity index (χ2n) is 14.2. The number of hydrogen-bond donors (Lipinski definition) is 0. The zero-order valence-corrected chi connectivity index (χ0v) is 23.9. The van der Waals surface area contributed by atoms with Crippen LogP contribution in [0.25, 0.3) is 0 Å². The summed E-state index contributed by atoms with van der Waals surface area (Å²) in [5.41, 5.74) is 2.84. The van der Waals surface area contributed by atoms with E-state index < -0.39 is 0 Å². The van der Waals surface area contributed by atoms with Crippen molar-refractivity contribution in [3.63, 3.8) is 0 Å². The predicted octanol–water partition coefficient (Wildman–Crippen LogP) is 8.08. The summed E-state index contributed by atoms with van der Waals surface area (Å²) in [6.45, 7) is 20.1. The molecule has 0 bridgehead atoms. The number of hydrogen-bond acceptors (Lipinski definition) is 3. The summed E-state index contributed by atoms with van der Waals surface area (Å²) in [5.74, 6) is 1.84. The largest absolute Gasteiger partial charge is 0.462 e. The first kappa shape index (κ1) is 26.7. The molecule has 0 aromatic heterocycles. The third-order valence-electron chi connectivity index (χ3n) is 11.7. The van der Waals surface area contributed by atoms with Gasteiger partial charge in [0.25, 0.3) is 0 Å². The van der Waals surface area contributed by atoms with Gasteiger partial charge in [-0.1, -0.05) is 58.8 Å². The van der Waals surface area contributed by atoms with Gasteiger partial charge in [-0.3, -0.25) is 9.59 Å². The Morgan fingerprint density at radius 3 is 2.37 bits per heavy atom. The van der Waals surface area contributed by atoms with Crippen LogP contribution in [0, 0.1) is 45.3 Å². The molecule has 0 aliphatic heterocycles. The normalized spacial score (nSPS) is 42.8. The van der Waals surface area contributed by atoms with Crippen molar-refractivity contribution >= 4 is 11.8 Å². The molecule has 3 heteroatoms. The lowest BCUT2D eigenvalue weighted by atomic mass is 9.40. The standard InChI is InChI=1S/C32H50O3/c1-20(2)11-10-12-21(3)23-13-17-32(9)25-19-26(34)28-29(5,6)27(35-22(4)33)15-16-30(28,7)24(25)14-18-31(23,32)8/h11,19,21,23-24,27-28H,10,12-18H2,1-9H3/t21-,23+,24+,27+,28+,30-,31+,32-/m1/s1. The zero-order valence-electron chi connectivity index (χ0n) is 23.9. The topological polar surface area (TPSA) is 43.4 Å². The minimum Gasteiger partial charge on any atom is -0.462 e. The van der Waals surface area contributed by atoms with Crippen LogP contribution >= 0.6 is 0 Å². The summed E-state index contributed by atoms with van der Waals surface area (Å²) >= 11 is 0. The van der Waals surface area contributed by atoms with E-state index in [1.807, 2.05) is 0 Å². The van der Waals surface area contributed by atoms with E-state index in [9.17, 15) is 9.59 Å². The van der Waals surface area contributed by atoms with Crippen molar-refractivity contribution in [1.82, 2.24) is 0 Å². The molecule has 0 unspecified atom stereocenters. The number of ether oxygens (including phenoxy) is 1. The van der Waals surface area contributed by atoms with Gasteiger partial charge in [0.05, 0.1) is 0 Å². The van der Waals surface area contributed by atoms with Gasteiger partial charge >= 0.3 is 5.97 Å². The molecule has 0 heterocycles. The van der Waals surface area contributed by atoms with Crippen LogP contribution in [0.4, 0.5) is 0 Å². The zero-order chi connectivity index (χ0) is 26.0. The van der Waals surface area contributed by atoms with Crippen LogP contribution in [-0.4, -0.2) is 17.9 Å². The Balaban J connectivity index is 1.66. The molecule has 0 N–H and O–H groups in total. The monoisotopic (exact) mass is 482 g/mol. The molecule has 0 spiro atoms. The van der Waals surface area contributed by atoms with E-state index in [1.54, 1.807) is 0 Å². The van der Waals surface area contributed by atoms with Crippen LogP contribution < -0.4 is 0 Å². The van der Waals surface area contributed by atoms with E-state index >= 15 is 0 Å². The van der Waals surface area contributed by atoms with Crippen molar-refractivity contribution in [2.24, 2.45) is 45.3 Å². The van der Waals surface area contributed by atoms with Crippen molar-refractivity contribution < 1.29 is 14.3 Å². The van der Waals surface area contributed by atoms with E-state index in [2.05, 4.69) is 67.5 Å². The average Bonchev–Trinajstić information content (AvgIpc) is 3.01. The summed E-state index contributed by atoms with van der Waals surface area (Å²) < 4.78 is 5.76. The molecule has 35 heavy (non-hydrogen) atoms. The summed E-state index contributed by atoms with van der Waals surface area (Å²) in [6, 6.07) is 0. The van der Waals surface area contributed by atoms with E-state index in [0.717, 1.165) is 18.8 Å². The number of allylic oxidation sites excluding steroid dienone is 4. The van der Waals surface area contributed by atoms with Gasteiger partial charge in [-0.25, -0.2) is 0 Å². The highest BCUT2D eigenvalue weighted by Gasteiger charge is 2.67. The lowest BCUT2D eigenvalue weighted by molar-refractivity contribution is -0.178. The van der Waals surface area contributed by atoms with Gasteiger partial charge in [0.1, 0.15) is 6.10 Å². The molecule has 0 aromatic rings. The van der Waals surface area contributed by atoms with Crippen LogP contribution in [-0.2, 0) is 14.3 Å². The lowest BCUT2D eigenvalue weighted by Crippen LogP contribution is -2.61. The summed E-state index contributed by atoms with van der Waals surface area (Å²) in [5, 5.41) is 0. The minimum atomic E-state index is -0.350. The van der Waals surface area contributed by atoms with Crippen molar-refractivity contribution in [2.75, 3.05) is 0 Å². The maximum atomic E-state index is 14.0. The number of esters is 1. The van der Waals surface area contributed by atoms with Crippen LogP contribution in [0.2, 0.25) is 0 Å². The van der Waals surface area contributed by atoms with Gasteiger partial charge in [0, 0.05) is 18.3 Å². The first-order valence-corrected chi connectivity index (χ1v) is 14.2. The Bertz CT molecular complexity index is 936. The molecular formula is C32H50O3. The van der Waals surface area contributed by atoms with Gasteiger partial charge in [-0.15, -0.1) is 0 Å². The second kappa shape index (κ2) is 8.88. The highest BCUT2D eigenvalue weighted by Crippen LogP contribution is 2.73. The fraction of sp³-hybridized carbons (Fsp3) is 0.812. The van der Waals surface area contributed by atoms with Crippen molar-refractivity contribution in [1.29, 1.82) is 0 Å². The summed E-state index contributed by atoms with van der Waals surface area (Å²) in [6.07, 6.45) is 13.5. The highest BCUT2D eigenvalue weighted by atomic mass is 16.5. The SMILES string of the molecule is CC(=O)O[C@H]1CC[C@]2(C)[C@H]3CC[C@@]4(C)[C@H]([C@H](C)CCC=C(C)C)CC[C@]4(C)C3=CC(=O)[C@H]2C1(C)C. The Kier molecular flexibility index (Phi) is 6.76. The lowest BCUT2D eigenvalue weighted by Gasteiger charge is -2.63. The molecule has 0 radical (unpaired) electrons. The molecule has 3 fully saturated rings. The number of ketones is 1. The Morgan fingerprint density at radius 2 is 1.74 bits per heavy atom. The molecule has 0 aromatic carbocycles. The average molecular weight is 483 g/mol. The van der Waals surface area contributed by atoms with Crippen LogP contribution in [0.3, 0.4) is 0 Å². The smallest absolute Gasteiger partial charge is 0.302 e. The van der Waals surface area contributed by atoms with Gasteiger partial charge in [0.15, 0.2) is 5.78 Å². The third kappa shape index (κ3) is 3.98. The molecule has 8 atom stereocenters.